The minimum absolute atomic E-state index is 0.0855. The molecule has 0 atom stereocenters. The molecule has 1 amide bonds. The highest BCUT2D eigenvalue weighted by Gasteiger charge is 2.14. The van der Waals surface area contributed by atoms with E-state index in [4.69, 9.17) is 4.74 Å². The van der Waals surface area contributed by atoms with Crippen LogP contribution in [0.15, 0.2) is 40.3 Å². The van der Waals surface area contributed by atoms with Crippen LogP contribution in [0.2, 0.25) is 0 Å². The molecular weight excluding hydrogens is 388 g/mol. The number of amides is 1. The summed E-state index contributed by atoms with van der Waals surface area (Å²) >= 11 is 1.29. The molecule has 0 saturated carbocycles. The zero-order valence-corrected chi connectivity index (χ0v) is 17.8. The zero-order valence-electron chi connectivity index (χ0n) is 16.9. The summed E-state index contributed by atoms with van der Waals surface area (Å²) in [5.41, 5.74) is 2.96. The number of nitrogens with one attached hydrogen (secondary N) is 2. The zero-order chi connectivity index (χ0) is 20.8. The number of benzene rings is 1. The number of carbonyl (C=O) groups is 1. The van der Waals surface area contributed by atoms with Gasteiger partial charge in [-0.2, -0.15) is 0 Å². The Labute approximate surface area is 173 Å². The van der Waals surface area contributed by atoms with Crippen LogP contribution in [-0.2, 0) is 17.9 Å². The Morgan fingerprint density at radius 2 is 2.07 bits per heavy atom. The first-order chi connectivity index (χ1) is 14.0. The van der Waals surface area contributed by atoms with E-state index in [2.05, 4.69) is 22.2 Å². The molecule has 0 spiro atoms. The van der Waals surface area contributed by atoms with E-state index in [1.165, 1.54) is 11.8 Å². The highest BCUT2D eigenvalue weighted by molar-refractivity contribution is 7.99. The highest BCUT2D eigenvalue weighted by atomic mass is 32.2. The minimum Gasteiger partial charge on any atom is -0.497 e. The fraction of sp³-hybridized carbons (Fsp3) is 0.381. The van der Waals surface area contributed by atoms with E-state index in [1.54, 1.807) is 11.7 Å². The fourth-order valence-corrected chi connectivity index (χ4v) is 3.81. The van der Waals surface area contributed by atoms with Gasteiger partial charge in [-0.1, -0.05) is 37.2 Å². The molecule has 1 aromatic carbocycles. The lowest BCUT2D eigenvalue weighted by atomic mass is 10.2. The van der Waals surface area contributed by atoms with Crippen molar-refractivity contribution in [2.45, 2.75) is 44.9 Å². The van der Waals surface area contributed by atoms with Crippen molar-refractivity contribution in [3.63, 3.8) is 0 Å². The molecule has 0 saturated heterocycles. The summed E-state index contributed by atoms with van der Waals surface area (Å²) in [5.74, 6) is 0.874. The van der Waals surface area contributed by atoms with Crippen LogP contribution in [0.4, 0.5) is 0 Å². The van der Waals surface area contributed by atoms with Crippen molar-refractivity contribution in [3.05, 3.63) is 51.9 Å². The van der Waals surface area contributed by atoms with Gasteiger partial charge in [0.05, 0.1) is 18.4 Å². The monoisotopic (exact) mass is 414 g/mol. The first kappa shape index (κ1) is 21.0. The number of nitrogens with zero attached hydrogens (tertiary/aromatic N) is 2. The Bertz CT molecular complexity index is 1040. The number of carbonyl (C=O) groups excluding carboxylic acids is 1. The van der Waals surface area contributed by atoms with Crippen molar-refractivity contribution in [1.29, 1.82) is 0 Å². The fourth-order valence-electron chi connectivity index (χ4n) is 2.96. The van der Waals surface area contributed by atoms with Crippen LogP contribution < -0.4 is 15.6 Å². The summed E-state index contributed by atoms with van der Waals surface area (Å²) in [5, 5.41) is 3.48. The molecule has 0 radical (unpaired) electrons. The molecule has 29 heavy (non-hydrogen) atoms. The number of aryl methyl sites for hydroxylation is 1. The minimum atomic E-state index is -0.104. The number of hydrogen-bond acceptors (Lipinski definition) is 5. The van der Waals surface area contributed by atoms with Gasteiger partial charge in [-0.15, -0.1) is 0 Å². The molecule has 3 rings (SSSR count). The maximum Gasteiger partial charge on any atom is 0.278 e. The standard InChI is InChI=1S/C21H26N4O3S/c1-4-5-10-25-20(27)19-17(11-14(2)23-19)24-21(25)29-13-18(26)22-12-15-6-8-16(28-3)9-7-15/h6-9,11,23H,4-5,10,12-13H2,1-3H3,(H,22,26). The second-order valence-corrected chi connectivity index (χ2v) is 7.77. The summed E-state index contributed by atoms with van der Waals surface area (Å²) in [6.45, 7) is 5.01. The topological polar surface area (TPSA) is 89.0 Å². The summed E-state index contributed by atoms with van der Waals surface area (Å²) in [6.07, 6.45) is 1.85. The van der Waals surface area contributed by atoms with Gasteiger partial charge in [0.2, 0.25) is 5.91 Å². The number of hydrogen-bond donors (Lipinski definition) is 2. The van der Waals surface area contributed by atoms with E-state index in [1.807, 2.05) is 37.3 Å². The first-order valence-corrected chi connectivity index (χ1v) is 10.6. The summed E-state index contributed by atoms with van der Waals surface area (Å²) in [4.78, 5) is 32.9. The predicted molar refractivity (Wildman–Crippen MR) is 116 cm³/mol. The Balaban J connectivity index is 1.68. The van der Waals surface area contributed by atoms with E-state index in [0.717, 1.165) is 29.8 Å². The van der Waals surface area contributed by atoms with Gasteiger partial charge in [0.15, 0.2) is 5.16 Å². The highest BCUT2D eigenvalue weighted by Crippen LogP contribution is 2.19. The molecule has 3 aromatic rings. The van der Waals surface area contributed by atoms with E-state index >= 15 is 0 Å². The average Bonchev–Trinajstić information content (AvgIpc) is 3.11. The molecule has 2 heterocycles. The van der Waals surface area contributed by atoms with Crippen LogP contribution in [-0.4, -0.2) is 33.3 Å². The van der Waals surface area contributed by atoms with Crippen LogP contribution in [0.5, 0.6) is 5.75 Å². The second kappa shape index (κ2) is 9.65. The number of aromatic amines is 1. The number of aromatic nitrogens is 3. The summed E-state index contributed by atoms with van der Waals surface area (Å²) in [7, 11) is 1.62. The Morgan fingerprint density at radius 3 is 2.76 bits per heavy atom. The van der Waals surface area contributed by atoms with Crippen molar-refractivity contribution in [2.75, 3.05) is 12.9 Å². The predicted octanol–water partition coefficient (Wildman–Crippen LogP) is 3.25. The van der Waals surface area contributed by atoms with Crippen LogP contribution >= 0.6 is 11.8 Å². The van der Waals surface area contributed by atoms with Crippen LogP contribution in [0, 0.1) is 6.92 Å². The quantitative estimate of drug-likeness (QED) is 0.414. The van der Waals surface area contributed by atoms with Gasteiger partial charge >= 0.3 is 0 Å². The van der Waals surface area contributed by atoms with Crippen molar-refractivity contribution in [2.24, 2.45) is 0 Å². The molecule has 0 aliphatic heterocycles. The van der Waals surface area contributed by atoms with Gasteiger partial charge in [0.25, 0.3) is 5.56 Å². The molecule has 2 aromatic heterocycles. The SMILES string of the molecule is CCCCn1c(SCC(=O)NCc2ccc(OC)cc2)nc2cc(C)[nH]c2c1=O. The van der Waals surface area contributed by atoms with E-state index in [9.17, 15) is 9.59 Å². The van der Waals surface area contributed by atoms with E-state index in [0.29, 0.717) is 29.3 Å². The number of methoxy groups -OCH3 is 1. The molecule has 7 nitrogen and oxygen atoms in total. The summed E-state index contributed by atoms with van der Waals surface area (Å²) in [6, 6.07) is 9.41. The number of rotatable bonds is 9. The number of unbranched alkanes of at least 4 members (excludes halogenated alkanes) is 1. The molecule has 0 aliphatic carbocycles. The van der Waals surface area contributed by atoms with Gasteiger partial charge in [0, 0.05) is 18.8 Å². The molecule has 2 N–H and O–H groups in total. The van der Waals surface area contributed by atoms with E-state index < -0.39 is 0 Å². The third-order valence-corrected chi connectivity index (χ3v) is 5.53. The van der Waals surface area contributed by atoms with Gasteiger partial charge in [-0.05, 0) is 37.1 Å². The van der Waals surface area contributed by atoms with Gasteiger partial charge in [-0.25, -0.2) is 4.98 Å². The smallest absolute Gasteiger partial charge is 0.278 e. The largest absolute Gasteiger partial charge is 0.497 e. The van der Waals surface area contributed by atoms with Gasteiger partial charge in [-0.3, -0.25) is 14.2 Å². The van der Waals surface area contributed by atoms with Crippen molar-refractivity contribution in [1.82, 2.24) is 19.9 Å². The molecule has 8 heteroatoms. The maximum atomic E-state index is 12.8. The number of fused-ring (bicyclic) bond motifs is 1. The van der Waals surface area contributed by atoms with Crippen LogP contribution in [0.25, 0.3) is 11.0 Å². The maximum absolute atomic E-state index is 12.8. The van der Waals surface area contributed by atoms with Crippen molar-refractivity contribution < 1.29 is 9.53 Å². The molecule has 0 aliphatic rings. The Kier molecular flexibility index (Phi) is 6.98. The molecule has 0 fully saturated rings. The normalized spacial score (nSPS) is 11.0. The summed E-state index contributed by atoms with van der Waals surface area (Å²) < 4.78 is 6.81. The average molecular weight is 415 g/mol. The third kappa shape index (κ3) is 5.20. The van der Waals surface area contributed by atoms with E-state index in [-0.39, 0.29) is 17.2 Å². The number of thioether (sulfide) groups is 1. The lowest BCUT2D eigenvalue weighted by Gasteiger charge is -2.11. The molecule has 0 unspecified atom stereocenters. The Hall–Kier alpha value is -2.74. The van der Waals surface area contributed by atoms with Crippen molar-refractivity contribution in [3.8, 4) is 5.75 Å². The Morgan fingerprint density at radius 1 is 1.31 bits per heavy atom. The lowest BCUT2D eigenvalue weighted by Crippen LogP contribution is -2.27. The number of ether oxygens (including phenoxy) is 1. The second-order valence-electron chi connectivity index (χ2n) is 6.83. The molecular formula is C21H26N4O3S. The molecule has 154 valence electrons. The third-order valence-electron chi connectivity index (χ3n) is 4.55. The number of H-pyrrole nitrogens is 1. The first-order valence-electron chi connectivity index (χ1n) is 9.64. The lowest BCUT2D eigenvalue weighted by molar-refractivity contribution is -0.118. The van der Waals surface area contributed by atoms with Gasteiger partial charge in [0.1, 0.15) is 11.3 Å². The van der Waals surface area contributed by atoms with Crippen LogP contribution in [0.3, 0.4) is 0 Å². The van der Waals surface area contributed by atoms with Crippen LogP contribution in [0.1, 0.15) is 31.0 Å². The van der Waals surface area contributed by atoms with Crippen molar-refractivity contribution >= 4 is 28.7 Å². The van der Waals surface area contributed by atoms with Gasteiger partial charge < -0.3 is 15.0 Å². The molecule has 0 bridgehead atoms.